The zero-order valence-electron chi connectivity index (χ0n) is 14.6. The van der Waals surface area contributed by atoms with E-state index in [1.54, 1.807) is 0 Å². The van der Waals surface area contributed by atoms with Crippen LogP contribution in [0.5, 0.6) is 0 Å². The fourth-order valence-corrected chi connectivity index (χ4v) is 2.82. The Hall–Kier alpha value is -1.89. The number of hydrogen-bond donors (Lipinski definition) is 2. The third-order valence-corrected chi connectivity index (χ3v) is 4.48. The van der Waals surface area contributed by atoms with Gasteiger partial charge in [0, 0.05) is 64.8 Å². The Labute approximate surface area is 144 Å². The summed E-state index contributed by atoms with van der Waals surface area (Å²) in [6.45, 7) is 10.0. The van der Waals surface area contributed by atoms with Gasteiger partial charge < -0.3 is 15.5 Å². The Kier molecular flexibility index (Phi) is 6.23. The lowest BCUT2D eigenvalue weighted by atomic mass is 10.3. The average Bonchev–Trinajstić information content (AvgIpc) is 3.45. The number of piperazine rings is 1. The van der Waals surface area contributed by atoms with E-state index < -0.39 is 0 Å². The minimum Gasteiger partial charge on any atom is -0.357 e. The highest BCUT2D eigenvalue weighted by Gasteiger charge is 2.21. The summed E-state index contributed by atoms with van der Waals surface area (Å²) < 4.78 is 0. The Bertz CT molecular complexity index is 507. The number of anilines is 1. The zero-order chi connectivity index (χ0) is 16.6. The van der Waals surface area contributed by atoms with Gasteiger partial charge in [-0.2, -0.15) is 0 Å². The van der Waals surface area contributed by atoms with E-state index in [-0.39, 0.29) is 0 Å². The van der Waals surface area contributed by atoms with Crippen molar-refractivity contribution < 1.29 is 0 Å². The highest BCUT2D eigenvalue weighted by molar-refractivity contribution is 5.79. The van der Waals surface area contributed by atoms with Gasteiger partial charge in [-0.1, -0.05) is 0 Å². The molecule has 24 heavy (non-hydrogen) atoms. The third kappa shape index (κ3) is 5.33. The topological polar surface area (TPSA) is 68.7 Å². The van der Waals surface area contributed by atoms with Gasteiger partial charge in [-0.05, 0) is 31.7 Å². The van der Waals surface area contributed by atoms with Crippen LogP contribution in [-0.4, -0.2) is 73.2 Å². The molecule has 0 amide bonds. The summed E-state index contributed by atoms with van der Waals surface area (Å²) in [7, 11) is 0. The van der Waals surface area contributed by atoms with Gasteiger partial charge in [0.05, 0.1) is 0 Å². The minimum absolute atomic E-state index is 0.828. The van der Waals surface area contributed by atoms with Crippen LogP contribution in [-0.2, 0) is 0 Å². The molecule has 7 heteroatoms. The number of aromatic nitrogens is 2. The summed E-state index contributed by atoms with van der Waals surface area (Å²) in [6.07, 6.45) is 6.31. The van der Waals surface area contributed by atoms with E-state index in [4.69, 9.17) is 0 Å². The fourth-order valence-electron chi connectivity index (χ4n) is 2.82. The van der Waals surface area contributed by atoms with Gasteiger partial charge in [-0.15, -0.1) is 0 Å². The van der Waals surface area contributed by atoms with E-state index in [1.165, 1.54) is 12.8 Å². The predicted molar refractivity (Wildman–Crippen MR) is 97.4 cm³/mol. The summed E-state index contributed by atoms with van der Waals surface area (Å²) in [4.78, 5) is 18.1. The third-order valence-electron chi connectivity index (χ3n) is 4.48. The molecule has 1 aliphatic carbocycles. The molecule has 1 saturated carbocycles. The molecule has 1 aliphatic heterocycles. The number of nitrogens with one attached hydrogen (secondary N) is 2. The smallest absolute Gasteiger partial charge is 0.225 e. The van der Waals surface area contributed by atoms with Gasteiger partial charge in [0.1, 0.15) is 0 Å². The molecular formula is C17H29N7. The van der Waals surface area contributed by atoms with E-state index in [0.717, 1.165) is 70.2 Å². The number of rotatable bonds is 7. The molecule has 0 atom stereocenters. The van der Waals surface area contributed by atoms with Crippen LogP contribution < -0.4 is 15.5 Å². The minimum atomic E-state index is 0.828. The molecule has 2 aliphatic rings. The molecule has 132 valence electrons. The van der Waals surface area contributed by atoms with Gasteiger partial charge in [0.25, 0.3) is 0 Å². The average molecular weight is 331 g/mol. The lowest BCUT2D eigenvalue weighted by Crippen LogP contribution is -2.49. The van der Waals surface area contributed by atoms with Gasteiger partial charge in [-0.3, -0.25) is 9.89 Å². The van der Waals surface area contributed by atoms with Crippen LogP contribution in [0, 0.1) is 5.92 Å². The van der Waals surface area contributed by atoms with Crippen molar-refractivity contribution in [1.82, 2.24) is 25.5 Å². The molecule has 0 radical (unpaired) electrons. The molecule has 0 bridgehead atoms. The van der Waals surface area contributed by atoms with Crippen molar-refractivity contribution in [3.63, 3.8) is 0 Å². The molecule has 2 heterocycles. The quantitative estimate of drug-likeness (QED) is 0.562. The lowest BCUT2D eigenvalue weighted by Gasteiger charge is -2.34. The van der Waals surface area contributed by atoms with Crippen molar-refractivity contribution in [1.29, 1.82) is 0 Å². The van der Waals surface area contributed by atoms with Crippen LogP contribution in [0.2, 0.25) is 0 Å². The standard InChI is InChI=1S/C17H29N7/c1-2-18-16(22-14-15-4-5-15)19-8-9-23-10-12-24(13-11-23)17-20-6-3-7-21-17/h3,6-7,15H,2,4-5,8-14H2,1H3,(H2,18,19,22). The van der Waals surface area contributed by atoms with Crippen LogP contribution in [0.3, 0.4) is 0 Å². The van der Waals surface area contributed by atoms with Crippen molar-refractivity contribution in [2.75, 3.05) is 57.3 Å². The fraction of sp³-hybridized carbons (Fsp3) is 0.706. The van der Waals surface area contributed by atoms with Crippen molar-refractivity contribution in [3.8, 4) is 0 Å². The molecule has 1 saturated heterocycles. The molecule has 7 nitrogen and oxygen atoms in total. The van der Waals surface area contributed by atoms with Crippen LogP contribution in [0.25, 0.3) is 0 Å². The maximum absolute atomic E-state index is 4.66. The van der Waals surface area contributed by atoms with Gasteiger partial charge in [0.2, 0.25) is 5.95 Å². The molecule has 2 fully saturated rings. The van der Waals surface area contributed by atoms with Crippen molar-refractivity contribution in [3.05, 3.63) is 18.5 Å². The Balaban J connectivity index is 1.35. The predicted octanol–water partition coefficient (Wildman–Crippen LogP) is 0.564. The van der Waals surface area contributed by atoms with Crippen LogP contribution in [0.1, 0.15) is 19.8 Å². The SMILES string of the molecule is CCNC(=NCC1CC1)NCCN1CCN(c2ncccn2)CC1. The molecule has 2 N–H and O–H groups in total. The van der Waals surface area contributed by atoms with Crippen molar-refractivity contribution in [2.24, 2.45) is 10.9 Å². The van der Waals surface area contributed by atoms with E-state index >= 15 is 0 Å². The highest BCUT2D eigenvalue weighted by atomic mass is 15.3. The van der Waals surface area contributed by atoms with E-state index in [9.17, 15) is 0 Å². The number of aliphatic imine (C=N–C) groups is 1. The van der Waals surface area contributed by atoms with Crippen LogP contribution in [0.15, 0.2) is 23.5 Å². The molecule has 0 unspecified atom stereocenters. The first-order valence-electron chi connectivity index (χ1n) is 9.11. The first kappa shape index (κ1) is 17.0. The molecule has 0 aromatic carbocycles. The van der Waals surface area contributed by atoms with Crippen LogP contribution in [0.4, 0.5) is 5.95 Å². The summed E-state index contributed by atoms with van der Waals surface area (Å²) in [6, 6.07) is 1.86. The Morgan fingerprint density at radius 3 is 2.58 bits per heavy atom. The molecule has 1 aromatic rings. The van der Waals surface area contributed by atoms with Crippen LogP contribution >= 0.6 is 0 Å². The summed E-state index contributed by atoms with van der Waals surface area (Å²) in [5.41, 5.74) is 0. The highest BCUT2D eigenvalue weighted by Crippen LogP contribution is 2.28. The van der Waals surface area contributed by atoms with E-state index in [2.05, 4.69) is 42.3 Å². The molecular weight excluding hydrogens is 302 g/mol. The number of nitrogens with zero attached hydrogens (tertiary/aromatic N) is 5. The molecule has 1 aromatic heterocycles. The summed E-state index contributed by atoms with van der Waals surface area (Å²) in [5.74, 6) is 2.63. The monoisotopic (exact) mass is 331 g/mol. The van der Waals surface area contributed by atoms with Gasteiger partial charge in [-0.25, -0.2) is 9.97 Å². The first-order valence-corrected chi connectivity index (χ1v) is 9.11. The summed E-state index contributed by atoms with van der Waals surface area (Å²) in [5, 5.41) is 6.78. The van der Waals surface area contributed by atoms with E-state index in [0.29, 0.717) is 0 Å². The lowest BCUT2D eigenvalue weighted by molar-refractivity contribution is 0.260. The first-order chi connectivity index (χ1) is 11.8. The van der Waals surface area contributed by atoms with Crippen molar-refractivity contribution in [2.45, 2.75) is 19.8 Å². The second-order valence-electron chi connectivity index (χ2n) is 6.47. The molecule has 0 spiro atoms. The Morgan fingerprint density at radius 2 is 1.92 bits per heavy atom. The molecule has 3 rings (SSSR count). The van der Waals surface area contributed by atoms with Crippen molar-refractivity contribution >= 4 is 11.9 Å². The second kappa shape index (κ2) is 8.82. The normalized spacial score (nSPS) is 19.4. The van der Waals surface area contributed by atoms with Gasteiger partial charge in [0.15, 0.2) is 5.96 Å². The summed E-state index contributed by atoms with van der Waals surface area (Å²) >= 11 is 0. The largest absolute Gasteiger partial charge is 0.357 e. The number of hydrogen-bond acceptors (Lipinski definition) is 5. The second-order valence-corrected chi connectivity index (χ2v) is 6.47. The maximum atomic E-state index is 4.66. The van der Waals surface area contributed by atoms with E-state index in [1.807, 2.05) is 18.5 Å². The Morgan fingerprint density at radius 1 is 1.17 bits per heavy atom. The maximum Gasteiger partial charge on any atom is 0.225 e. The van der Waals surface area contributed by atoms with Gasteiger partial charge >= 0.3 is 0 Å². The number of guanidine groups is 1. The zero-order valence-corrected chi connectivity index (χ0v) is 14.6.